The summed E-state index contributed by atoms with van der Waals surface area (Å²) < 4.78 is 78.4. The lowest BCUT2D eigenvalue weighted by Gasteiger charge is -2.35. The van der Waals surface area contributed by atoms with Crippen LogP contribution in [0.15, 0.2) is 29.2 Å². The van der Waals surface area contributed by atoms with Gasteiger partial charge in [0.1, 0.15) is 30.2 Å². The molecule has 5 rings (SSSR count). The van der Waals surface area contributed by atoms with Gasteiger partial charge in [-0.3, -0.25) is 4.90 Å². The first-order valence-electron chi connectivity index (χ1n) is 11.8. The molecule has 39 heavy (non-hydrogen) atoms. The quantitative estimate of drug-likeness (QED) is 0.541. The zero-order valence-corrected chi connectivity index (χ0v) is 21.2. The van der Waals surface area contributed by atoms with Crippen LogP contribution < -0.4 is 19.9 Å². The number of ether oxygens (including phenoxy) is 2. The maximum Gasteiger partial charge on any atom is 0.433 e. The van der Waals surface area contributed by atoms with Gasteiger partial charge in [0.25, 0.3) is 0 Å². The standard InChI is InChI=1S/C22H23F3N6O7S/c1-12-8-18(22(23,24)25)28-19(27-12)29-4-6-30(7-5-29)39(35,36)13-2-3-14-16(9-13)37-11-15-17(10-26-20(32)33)38-21(34)31(14)15/h2-3,8-9,15,17,26H,4-7,10-11H2,1H3,(H,32,33)/t15-,17-/m0/s1. The Hall–Kier alpha value is -3.86. The number of carbonyl (C=O) groups is 2. The number of piperazine rings is 1. The summed E-state index contributed by atoms with van der Waals surface area (Å²) in [5.74, 6) is 0.0214. The minimum absolute atomic E-state index is 0.0162. The molecule has 0 unspecified atom stereocenters. The van der Waals surface area contributed by atoms with Crippen molar-refractivity contribution < 1.29 is 45.8 Å². The number of carboxylic acid groups (broad SMARTS) is 1. The number of fused-ring (bicyclic) bond motifs is 3. The van der Waals surface area contributed by atoms with E-state index in [1.807, 2.05) is 0 Å². The fraction of sp³-hybridized carbons (Fsp3) is 0.455. The Kier molecular flexibility index (Phi) is 6.66. The van der Waals surface area contributed by atoms with Crippen LogP contribution in [-0.4, -0.2) is 91.5 Å². The monoisotopic (exact) mass is 572 g/mol. The highest BCUT2D eigenvalue weighted by Crippen LogP contribution is 2.40. The van der Waals surface area contributed by atoms with Gasteiger partial charge in [0, 0.05) is 37.9 Å². The molecule has 4 heterocycles. The van der Waals surface area contributed by atoms with Crippen LogP contribution in [0.4, 0.5) is 34.4 Å². The number of hydrogen-bond acceptors (Lipinski definition) is 9. The highest BCUT2D eigenvalue weighted by molar-refractivity contribution is 7.89. The van der Waals surface area contributed by atoms with Gasteiger partial charge in [0.15, 0.2) is 0 Å². The molecule has 17 heteroatoms. The molecule has 3 aliphatic rings. The molecule has 0 bridgehead atoms. The molecule has 210 valence electrons. The second-order valence-corrected chi connectivity index (χ2v) is 11.0. The number of rotatable bonds is 5. The van der Waals surface area contributed by atoms with E-state index >= 15 is 0 Å². The summed E-state index contributed by atoms with van der Waals surface area (Å²) in [7, 11) is -4.01. The van der Waals surface area contributed by atoms with Gasteiger partial charge in [-0.2, -0.15) is 17.5 Å². The Bertz CT molecular complexity index is 1420. The second-order valence-electron chi connectivity index (χ2n) is 9.07. The van der Waals surface area contributed by atoms with Crippen LogP contribution in [0.2, 0.25) is 0 Å². The predicted molar refractivity (Wildman–Crippen MR) is 127 cm³/mol. The predicted octanol–water partition coefficient (Wildman–Crippen LogP) is 1.67. The van der Waals surface area contributed by atoms with Gasteiger partial charge < -0.3 is 24.8 Å². The summed E-state index contributed by atoms with van der Waals surface area (Å²) in [6.45, 7) is 1.38. The largest absolute Gasteiger partial charge is 0.489 e. The lowest BCUT2D eigenvalue weighted by molar-refractivity contribution is -0.141. The summed E-state index contributed by atoms with van der Waals surface area (Å²) in [6, 6.07) is 4.27. The number of anilines is 2. The molecule has 2 atom stereocenters. The fourth-order valence-corrected chi connectivity index (χ4v) is 6.09. The Morgan fingerprint density at radius 2 is 1.90 bits per heavy atom. The molecule has 1 aromatic carbocycles. The van der Waals surface area contributed by atoms with Crippen molar-refractivity contribution in [3.05, 3.63) is 35.7 Å². The molecular formula is C22H23F3N6O7S. The highest BCUT2D eigenvalue weighted by Gasteiger charge is 2.47. The molecule has 0 aliphatic carbocycles. The Balaban J connectivity index is 1.30. The smallest absolute Gasteiger partial charge is 0.433 e. The van der Waals surface area contributed by atoms with E-state index in [0.717, 1.165) is 6.07 Å². The first-order valence-corrected chi connectivity index (χ1v) is 13.2. The van der Waals surface area contributed by atoms with Gasteiger partial charge >= 0.3 is 18.4 Å². The third-order valence-electron chi connectivity index (χ3n) is 6.56. The van der Waals surface area contributed by atoms with E-state index in [-0.39, 0.29) is 67.3 Å². The molecule has 2 N–H and O–H groups in total. The van der Waals surface area contributed by atoms with Gasteiger partial charge in [0.2, 0.25) is 16.0 Å². The van der Waals surface area contributed by atoms with Gasteiger partial charge in [-0.05, 0) is 25.1 Å². The van der Waals surface area contributed by atoms with Crippen molar-refractivity contribution in [2.75, 3.05) is 49.1 Å². The van der Waals surface area contributed by atoms with E-state index in [2.05, 4.69) is 15.3 Å². The zero-order chi connectivity index (χ0) is 28.1. The fourth-order valence-electron chi connectivity index (χ4n) is 4.65. The van der Waals surface area contributed by atoms with E-state index in [0.29, 0.717) is 0 Å². The van der Waals surface area contributed by atoms with E-state index < -0.39 is 46.2 Å². The van der Waals surface area contributed by atoms with Crippen molar-refractivity contribution in [2.45, 2.75) is 30.1 Å². The summed E-state index contributed by atoms with van der Waals surface area (Å²) >= 11 is 0. The average molecular weight is 573 g/mol. The molecule has 2 saturated heterocycles. The molecule has 13 nitrogen and oxygen atoms in total. The van der Waals surface area contributed by atoms with Crippen LogP contribution in [0.3, 0.4) is 0 Å². The van der Waals surface area contributed by atoms with Crippen LogP contribution in [0.25, 0.3) is 0 Å². The summed E-state index contributed by atoms with van der Waals surface area (Å²) in [5.41, 5.74) is -0.636. The van der Waals surface area contributed by atoms with Gasteiger partial charge in [-0.15, -0.1) is 0 Å². The maximum absolute atomic E-state index is 13.4. The molecule has 0 spiro atoms. The molecule has 2 amide bonds. The van der Waals surface area contributed by atoms with E-state index in [1.54, 1.807) is 0 Å². The van der Waals surface area contributed by atoms with Crippen molar-refractivity contribution in [2.24, 2.45) is 0 Å². The zero-order valence-electron chi connectivity index (χ0n) is 20.4. The number of hydrogen-bond donors (Lipinski definition) is 2. The second kappa shape index (κ2) is 9.71. The molecule has 0 saturated carbocycles. The van der Waals surface area contributed by atoms with Crippen molar-refractivity contribution in [3.8, 4) is 5.75 Å². The molecule has 3 aliphatic heterocycles. The first-order chi connectivity index (χ1) is 18.3. The molecule has 2 fully saturated rings. The van der Waals surface area contributed by atoms with Crippen molar-refractivity contribution in [1.82, 2.24) is 19.6 Å². The number of carbonyl (C=O) groups excluding carboxylic acids is 1. The number of aryl methyl sites for hydroxylation is 1. The van der Waals surface area contributed by atoms with E-state index in [4.69, 9.17) is 14.6 Å². The lowest BCUT2D eigenvalue weighted by Crippen LogP contribution is -2.49. The molecule has 0 radical (unpaired) electrons. The van der Waals surface area contributed by atoms with E-state index in [1.165, 1.54) is 39.2 Å². The number of aromatic nitrogens is 2. The van der Waals surface area contributed by atoms with Crippen LogP contribution in [0, 0.1) is 6.92 Å². The van der Waals surface area contributed by atoms with Gasteiger partial charge in [0.05, 0.1) is 17.1 Å². The lowest BCUT2D eigenvalue weighted by atomic mass is 10.1. The molecule has 2 aromatic rings. The summed E-state index contributed by atoms with van der Waals surface area (Å²) in [6.07, 6.45) is -7.40. The number of amides is 2. The van der Waals surface area contributed by atoms with Crippen molar-refractivity contribution in [1.29, 1.82) is 0 Å². The van der Waals surface area contributed by atoms with Crippen molar-refractivity contribution in [3.63, 3.8) is 0 Å². The Morgan fingerprint density at radius 1 is 1.18 bits per heavy atom. The number of nitrogens with zero attached hydrogens (tertiary/aromatic N) is 5. The van der Waals surface area contributed by atoms with Crippen LogP contribution in [0.5, 0.6) is 5.75 Å². The minimum Gasteiger partial charge on any atom is -0.489 e. The molecule has 1 aromatic heterocycles. The number of nitrogens with one attached hydrogen (secondary N) is 1. The number of alkyl halides is 3. The highest BCUT2D eigenvalue weighted by atomic mass is 32.2. The number of halogens is 3. The van der Waals surface area contributed by atoms with Crippen molar-refractivity contribution >= 4 is 33.8 Å². The van der Waals surface area contributed by atoms with E-state index in [9.17, 15) is 31.2 Å². The average Bonchev–Trinajstić information content (AvgIpc) is 3.22. The maximum atomic E-state index is 13.4. The van der Waals surface area contributed by atoms with Gasteiger partial charge in [-0.25, -0.2) is 28.0 Å². The third kappa shape index (κ3) is 5.10. The minimum atomic E-state index is -4.63. The normalized spacial score (nSPS) is 21.6. The third-order valence-corrected chi connectivity index (χ3v) is 8.45. The Morgan fingerprint density at radius 3 is 2.56 bits per heavy atom. The summed E-state index contributed by atoms with van der Waals surface area (Å²) in [4.78, 5) is 33.7. The topological polar surface area (TPSA) is 154 Å². The Labute approximate surface area is 220 Å². The number of sulfonamides is 1. The summed E-state index contributed by atoms with van der Waals surface area (Å²) in [5, 5.41) is 11.0. The number of cyclic esters (lactones) is 1. The SMILES string of the molecule is Cc1cc(C(F)(F)F)nc(N2CCN(S(=O)(=O)c3ccc4c(c3)OC[C@H]3[C@H](CNC(=O)O)OC(=O)N43)CC2)n1. The first kappa shape index (κ1) is 26.7. The van der Waals surface area contributed by atoms with Crippen LogP contribution in [-0.2, 0) is 20.9 Å². The van der Waals surface area contributed by atoms with Crippen LogP contribution >= 0.6 is 0 Å². The van der Waals surface area contributed by atoms with Gasteiger partial charge in [-0.1, -0.05) is 0 Å². The molecular weight excluding hydrogens is 549 g/mol. The number of benzene rings is 1. The van der Waals surface area contributed by atoms with Crippen LogP contribution in [0.1, 0.15) is 11.4 Å².